The van der Waals surface area contributed by atoms with Crippen LogP contribution in [0.25, 0.3) is 0 Å². The summed E-state index contributed by atoms with van der Waals surface area (Å²) in [4.78, 5) is 51.1. The third kappa shape index (κ3) is 3.93. The van der Waals surface area contributed by atoms with Crippen molar-refractivity contribution in [1.82, 2.24) is 0 Å². The van der Waals surface area contributed by atoms with Crippen LogP contribution in [0.5, 0.6) is 5.75 Å². The Kier molecular flexibility index (Phi) is 5.19. The molecule has 2 aromatic rings. The number of hydrogen-bond donors (Lipinski definition) is 0. The lowest BCUT2D eigenvalue weighted by Crippen LogP contribution is -2.28. The number of rotatable bonds is 4. The van der Waals surface area contributed by atoms with Gasteiger partial charge in [-0.3, -0.25) is 24.1 Å². The van der Waals surface area contributed by atoms with E-state index < -0.39 is 11.9 Å². The predicted octanol–water partition coefficient (Wildman–Crippen LogP) is 3.06. The SMILES string of the molecule is O=C(Oc1ccc(N2C(=O)CCC2=O)cc1)[C@H]1CC(=O)N(c2ccc(Br)cc2)C1. The topological polar surface area (TPSA) is 84.0 Å². The number of carbonyl (C=O) groups excluding carboxylic acids is 4. The highest BCUT2D eigenvalue weighted by atomic mass is 79.9. The van der Waals surface area contributed by atoms with Gasteiger partial charge in [-0.25, -0.2) is 0 Å². The molecule has 2 aliphatic rings. The lowest BCUT2D eigenvalue weighted by molar-refractivity contribution is -0.139. The number of halogens is 1. The predicted molar refractivity (Wildman–Crippen MR) is 108 cm³/mol. The first-order chi connectivity index (χ1) is 13.9. The van der Waals surface area contributed by atoms with E-state index >= 15 is 0 Å². The number of esters is 1. The van der Waals surface area contributed by atoms with Gasteiger partial charge in [-0.15, -0.1) is 0 Å². The van der Waals surface area contributed by atoms with E-state index in [1.807, 2.05) is 24.3 Å². The van der Waals surface area contributed by atoms with Crippen LogP contribution in [0.15, 0.2) is 53.0 Å². The minimum absolute atomic E-state index is 0.0871. The monoisotopic (exact) mass is 456 g/mol. The van der Waals surface area contributed by atoms with E-state index in [9.17, 15) is 19.2 Å². The minimum Gasteiger partial charge on any atom is -0.426 e. The van der Waals surface area contributed by atoms with Gasteiger partial charge in [-0.1, -0.05) is 15.9 Å². The van der Waals surface area contributed by atoms with Crippen molar-refractivity contribution in [1.29, 1.82) is 0 Å². The average molecular weight is 457 g/mol. The Balaban J connectivity index is 1.40. The van der Waals surface area contributed by atoms with Gasteiger partial charge in [0.05, 0.1) is 11.6 Å². The zero-order chi connectivity index (χ0) is 20.5. The van der Waals surface area contributed by atoms with Crippen molar-refractivity contribution >= 4 is 51.0 Å². The van der Waals surface area contributed by atoms with Crippen LogP contribution in [0.1, 0.15) is 19.3 Å². The lowest BCUT2D eigenvalue weighted by atomic mass is 10.1. The number of carbonyl (C=O) groups is 4. The summed E-state index contributed by atoms with van der Waals surface area (Å²) < 4.78 is 6.31. The maximum atomic E-state index is 12.5. The molecule has 29 heavy (non-hydrogen) atoms. The number of hydrogen-bond acceptors (Lipinski definition) is 5. The zero-order valence-corrected chi connectivity index (χ0v) is 16.9. The van der Waals surface area contributed by atoms with Gasteiger partial charge in [0, 0.05) is 36.0 Å². The molecule has 2 aliphatic heterocycles. The summed E-state index contributed by atoms with van der Waals surface area (Å²) in [5, 5.41) is 0. The van der Waals surface area contributed by atoms with Crippen LogP contribution in [0, 0.1) is 5.92 Å². The van der Waals surface area contributed by atoms with E-state index in [1.165, 1.54) is 12.1 Å². The van der Waals surface area contributed by atoms with Crippen LogP contribution >= 0.6 is 15.9 Å². The Morgan fingerprint density at radius 2 is 1.45 bits per heavy atom. The Hall–Kier alpha value is -3.00. The summed E-state index contributed by atoms with van der Waals surface area (Å²) in [6.45, 7) is 0.258. The molecule has 7 nitrogen and oxygen atoms in total. The van der Waals surface area contributed by atoms with E-state index in [-0.39, 0.29) is 43.5 Å². The first-order valence-electron chi connectivity index (χ1n) is 9.16. The molecule has 0 bridgehead atoms. The number of ether oxygens (including phenoxy) is 1. The third-order valence-electron chi connectivity index (χ3n) is 4.96. The van der Waals surface area contributed by atoms with Crippen LogP contribution in [0.3, 0.4) is 0 Å². The van der Waals surface area contributed by atoms with Crippen LogP contribution in [0.2, 0.25) is 0 Å². The number of imide groups is 1. The Bertz CT molecular complexity index is 971. The molecular weight excluding hydrogens is 440 g/mol. The summed E-state index contributed by atoms with van der Waals surface area (Å²) in [6, 6.07) is 13.5. The highest BCUT2D eigenvalue weighted by molar-refractivity contribution is 9.10. The number of benzene rings is 2. The molecule has 0 aliphatic carbocycles. The maximum absolute atomic E-state index is 12.5. The molecular formula is C21H17BrN2O5. The summed E-state index contributed by atoms with van der Waals surface area (Å²) >= 11 is 3.36. The third-order valence-corrected chi connectivity index (χ3v) is 5.49. The molecule has 2 aromatic carbocycles. The molecule has 0 saturated carbocycles. The van der Waals surface area contributed by atoms with E-state index in [0.717, 1.165) is 15.1 Å². The fourth-order valence-corrected chi connectivity index (χ4v) is 3.73. The second-order valence-electron chi connectivity index (χ2n) is 6.92. The second kappa shape index (κ2) is 7.79. The highest BCUT2D eigenvalue weighted by Crippen LogP contribution is 2.29. The van der Waals surface area contributed by atoms with Crippen LogP contribution in [0.4, 0.5) is 11.4 Å². The van der Waals surface area contributed by atoms with Gasteiger partial charge >= 0.3 is 5.97 Å². The molecule has 0 aromatic heterocycles. The van der Waals surface area contributed by atoms with Crippen molar-refractivity contribution in [3.63, 3.8) is 0 Å². The molecule has 0 spiro atoms. The fraction of sp³-hybridized carbons (Fsp3) is 0.238. The maximum Gasteiger partial charge on any atom is 0.316 e. The minimum atomic E-state index is -0.562. The number of nitrogens with zero attached hydrogens (tertiary/aromatic N) is 2. The molecule has 2 fully saturated rings. The average Bonchev–Trinajstić information content (AvgIpc) is 3.25. The molecule has 4 rings (SSSR count). The van der Waals surface area contributed by atoms with Crippen molar-refractivity contribution in [2.75, 3.05) is 16.3 Å². The van der Waals surface area contributed by atoms with E-state index in [1.54, 1.807) is 17.0 Å². The molecule has 0 radical (unpaired) electrons. The van der Waals surface area contributed by atoms with Gasteiger partial charge in [0.1, 0.15) is 5.75 Å². The quantitative estimate of drug-likeness (QED) is 0.401. The summed E-state index contributed by atoms with van der Waals surface area (Å²) in [5.41, 5.74) is 1.19. The zero-order valence-electron chi connectivity index (χ0n) is 15.3. The summed E-state index contributed by atoms with van der Waals surface area (Å²) in [7, 11) is 0. The molecule has 3 amide bonds. The van der Waals surface area contributed by atoms with E-state index in [0.29, 0.717) is 11.4 Å². The smallest absolute Gasteiger partial charge is 0.316 e. The normalized spacial score (nSPS) is 19.2. The van der Waals surface area contributed by atoms with Crippen molar-refractivity contribution in [2.45, 2.75) is 19.3 Å². The van der Waals surface area contributed by atoms with Gasteiger partial charge in [0.15, 0.2) is 0 Å². The fourth-order valence-electron chi connectivity index (χ4n) is 3.46. The second-order valence-corrected chi connectivity index (χ2v) is 7.84. The molecule has 8 heteroatoms. The van der Waals surface area contributed by atoms with Crippen LogP contribution < -0.4 is 14.5 Å². The summed E-state index contributed by atoms with van der Waals surface area (Å²) in [5.74, 6) is -1.36. The van der Waals surface area contributed by atoms with Gasteiger partial charge in [-0.05, 0) is 48.5 Å². The van der Waals surface area contributed by atoms with Gasteiger partial charge in [-0.2, -0.15) is 0 Å². The number of anilines is 2. The van der Waals surface area contributed by atoms with Crippen LogP contribution in [-0.4, -0.2) is 30.2 Å². The number of amides is 3. The van der Waals surface area contributed by atoms with Crippen molar-refractivity contribution in [3.8, 4) is 5.75 Å². The molecule has 1 atom stereocenters. The largest absolute Gasteiger partial charge is 0.426 e. The van der Waals surface area contributed by atoms with Crippen molar-refractivity contribution < 1.29 is 23.9 Å². The standard InChI is InChI=1S/C21H17BrN2O5/c22-14-1-3-15(4-2-14)23-12-13(11-20(23)27)21(28)29-17-7-5-16(6-8-17)24-18(25)9-10-19(24)26/h1-8,13H,9-12H2/t13-/m0/s1. The first-order valence-corrected chi connectivity index (χ1v) is 9.95. The molecule has 0 unspecified atom stereocenters. The van der Waals surface area contributed by atoms with Crippen LogP contribution in [-0.2, 0) is 19.2 Å². The first kappa shape index (κ1) is 19.3. The Morgan fingerprint density at radius 1 is 0.862 bits per heavy atom. The summed E-state index contributed by atoms with van der Waals surface area (Å²) in [6.07, 6.45) is 0.504. The Morgan fingerprint density at radius 3 is 2.07 bits per heavy atom. The van der Waals surface area contributed by atoms with Crippen molar-refractivity contribution in [2.24, 2.45) is 5.92 Å². The van der Waals surface area contributed by atoms with Gasteiger partial charge < -0.3 is 9.64 Å². The lowest BCUT2D eigenvalue weighted by Gasteiger charge is -2.17. The molecule has 2 saturated heterocycles. The Labute approximate surface area is 175 Å². The van der Waals surface area contributed by atoms with Gasteiger partial charge in [0.25, 0.3) is 0 Å². The molecule has 2 heterocycles. The van der Waals surface area contributed by atoms with Gasteiger partial charge in [0.2, 0.25) is 17.7 Å². The van der Waals surface area contributed by atoms with E-state index in [2.05, 4.69) is 15.9 Å². The van der Waals surface area contributed by atoms with Crippen molar-refractivity contribution in [3.05, 3.63) is 53.0 Å². The highest BCUT2D eigenvalue weighted by Gasteiger charge is 2.36. The molecule has 148 valence electrons. The molecule has 0 N–H and O–H groups in total. The van der Waals surface area contributed by atoms with E-state index in [4.69, 9.17) is 4.74 Å².